The number of hydrogen-bond donors (Lipinski definition) is 1. The van der Waals surface area contributed by atoms with E-state index in [1.165, 1.54) is 29.4 Å². The molecule has 7 nitrogen and oxygen atoms in total. The molecular formula is C19H27ClN2O5S. The number of amides is 1. The zero-order valence-electron chi connectivity index (χ0n) is 16.4. The summed E-state index contributed by atoms with van der Waals surface area (Å²) in [7, 11) is -3.75. The van der Waals surface area contributed by atoms with Crippen molar-refractivity contribution in [3.63, 3.8) is 0 Å². The zero-order chi connectivity index (χ0) is 20.9. The van der Waals surface area contributed by atoms with Crippen molar-refractivity contribution in [2.45, 2.75) is 63.5 Å². The maximum Gasteiger partial charge on any atom is 0.340 e. The lowest BCUT2D eigenvalue weighted by Gasteiger charge is -2.20. The minimum absolute atomic E-state index is 0.0457. The van der Waals surface area contributed by atoms with Gasteiger partial charge in [0.25, 0.3) is 5.91 Å². The molecule has 0 spiro atoms. The molecule has 1 atom stereocenters. The molecule has 1 saturated carbocycles. The van der Waals surface area contributed by atoms with E-state index in [0.29, 0.717) is 13.1 Å². The smallest absolute Gasteiger partial charge is 0.340 e. The summed E-state index contributed by atoms with van der Waals surface area (Å²) in [5, 5.41) is 2.93. The standard InChI is InChI=1S/C19H27ClN2O5S/c1-4-22(5-2)28(25,26)15-10-11-17(20)16(12-15)19(24)27-13(3)18(23)21-14-8-6-7-9-14/h10-14H,4-9H2,1-3H3,(H,21,23)/t13-/m1/s1. The summed E-state index contributed by atoms with van der Waals surface area (Å²) in [5.41, 5.74) is -0.0876. The minimum atomic E-state index is -3.75. The van der Waals surface area contributed by atoms with Gasteiger partial charge in [-0.05, 0) is 38.0 Å². The van der Waals surface area contributed by atoms with E-state index in [9.17, 15) is 18.0 Å². The van der Waals surface area contributed by atoms with Gasteiger partial charge in [-0.1, -0.05) is 38.3 Å². The maximum absolute atomic E-state index is 12.7. The molecule has 1 aliphatic rings. The molecule has 1 aromatic rings. The summed E-state index contributed by atoms with van der Waals surface area (Å²) in [4.78, 5) is 24.7. The van der Waals surface area contributed by atoms with Crippen molar-refractivity contribution < 1.29 is 22.7 Å². The van der Waals surface area contributed by atoms with Gasteiger partial charge in [0.15, 0.2) is 6.10 Å². The highest BCUT2D eigenvalue weighted by molar-refractivity contribution is 7.89. The molecule has 0 heterocycles. The van der Waals surface area contributed by atoms with Crippen molar-refractivity contribution in [1.82, 2.24) is 9.62 Å². The monoisotopic (exact) mass is 430 g/mol. The molecule has 0 radical (unpaired) electrons. The summed E-state index contributed by atoms with van der Waals surface area (Å²) in [5.74, 6) is -1.21. The molecule has 28 heavy (non-hydrogen) atoms. The zero-order valence-corrected chi connectivity index (χ0v) is 18.0. The van der Waals surface area contributed by atoms with Crippen molar-refractivity contribution in [1.29, 1.82) is 0 Å². The molecule has 1 amide bonds. The van der Waals surface area contributed by atoms with Gasteiger partial charge in [-0.2, -0.15) is 4.31 Å². The number of nitrogens with zero attached hydrogens (tertiary/aromatic N) is 1. The van der Waals surface area contributed by atoms with Gasteiger partial charge in [0, 0.05) is 19.1 Å². The molecule has 9 heteroatoms. The first-order valence-corrected chi connectivity index (χ1v) is 11.3. The van der Waals surface area contributed by atoms with Crippen molar-refractivity contribution in [2.75, 3.05) is 13.1 Å². The second-order valence-electron chi connectivity index (χ2n) is 6.77. The summed E-state index contributed by atoms with van der Waals surface area (Å²) < 4.78 is 31.8. The van der Waals surface area contributed by atoms with E-state index < -0.39 is 22.1 Å². The number of sulfonamides is 1. The summed E-state index contributed by atoms with van der Waals surface area (Å²) in [6, 6.07) is 4.00. The van der Waals surface area contributed by atoms with Crippen LogP contribution in [0, 0.1) is 0 Å². The third-order valence-corrected chi connectivity index (χ3v) is 7.23. The van der Waals surface area contributed by atoms with Crippen LogP contribution in [0.2, 0.25) is 5.02 Å². The fourth-order valence-electron chi connectivity index (χ4n) is 3.20. The van der Waals surface area contributed by atoms with Crippen LogP contribution >= 0.6 is 11.6 Å². The second-order valence-corrected chi connectivity index (χ2v) is 9.11. The number of carbonyl (C=O) groups excluding carboxylic acids is 2. The van der Waals surface area contributed by atoms with Crippen LogP contribution in [0.3, 0.4) is 0 Å². The lowest BCUT2D eigenvalue weighted by atomic mass is 10.2. The van der Waals surface area contributed by atoms with Crippen molar-refractivity contribution in [2.24, 2.45) is 0 Å². The van der Waals surface area contributed by atoms with Crippen LogP contribution in [0.4, 0.5) is 0 Å². The third kappa shape index (κ3) is 5.24. The van der Waals surface area contributed by atoms with Crippen LogP contribution in [0.25, 0.3) is 0 Å². The number of ether oxygens (including phenoxy) is 1. The highest BCUT2D eigenvalue weighted by atomic mass is 35.5. The van der Waals surface area contributed by atoms with E-state index in [4.69, 9.17) is 16.3 Å². The minimum Gasteiger partial charge on any atom is -0.449 e. The third-order valence-electron chi connectivity index (χ3n) is 4.86. The Morgan fingerprint density at radius 3 is 2.43 bits per heavy atom. The molecule has 0 saturated heterocycles. The number of benzene rings is 1. The van der Waals surface area contributed by atoms with Crippen LogP contribution in [0.1, 0.15) is 56.8 Å². The van der Waals surface area contributed by atoms with Crippen LogP contribution in [0.15, 0.2) is 23.1 Å². The topological polar surface area (TPSA) is 92.8 Å². The van der Waals surface area contributed by atoms with Crippen LogP contribution in [-0.4, -0.2) is 49.8 Å². The fourth-order valence-corrected chi connectivity index (χ4v) is 4.88. The molecular weight excluding hydrogens is 404 g/mol. The van der Waals surface area contributed by atoms with Crippen molar-refractivity contribution >= 4 is 33.5 Å². The number of carbonyl (C=O) groups is 2. The number of rotatable bonds is 8. The van der Waals surface area contributed by atoms with E-state index in [1.54, 1.807) is 13.8 Å². The summed E-state index contributed by atoms with van der Waals surface area (Å²) >= 11 is 6.08. The molecule has 1 N–H and O–H groups in total. The molecule has 0 unspecified atom stereocenters. The van der Waals surface area contributed by atoms with Gasteiger partial charge in [-0.3, -0.25) is 4.79 Å². The normalized spacial score (nSPS) is 16.2. The molecule has 156 valence electrons. The Balaban J connectivity index is 2.15. The predicted molar refractivity (Wildman–Crippen MR) is 107 cm³/mol. The Bertz CT molecular complexity index is 818. The largest absolute Gasteiger partial charge is 0.449 e. The molecule has 0 aliphatic heterocycles. The van der Waals surface area contributed by atoms with Crippen LogP contribution < -0.4 is 5.32 Å². The van der Waals surface area contributed by atoms with E-state index in [2.05, 4.69) is 5.32 Å². The fraction of sp³-hybridized carbons (Fsp3) is 0.579. The Labute approximate surface area is 171 Å². The number of halogens is 1. The van der Waals surface area contributed by atoms with Gasteiger partial charge in [0.05, 0.1) is 15.5 Å². The Kier molecular flexibility index (Phi) is 7.86. The SMILES string of the molecule is CCN(CC)S(=O)(=O)c1ccc(Cl)c(C(=O)O[C@H](C)C(=O)NC2CCCC2)c1. The van der Waals surface area contributed by atoms with E-state index in [-0.39, 0.29) is 27.4 Å². The lowest BCUT2D eigenvalue weighted by molar-refractivity contribution is -0.129. The highest BCUT2D eigenvalue weighted by Gasteiger charge is 2.27. The van der Waals surface area contributed by atoms with Gasteiger partial charge in [0.1, 0.15) is 0 Å². The Morgan fingerprint density at radius 2 is 1.86 bits per heavy atom. The molecule has 1 aliphatic carbocycles. The molecule has 2 rings (SSSR count). The van der Waals surface area contributed by atoms with Gasteiger partial charge < -0.3 is 10.1 Å². The molecule has 1 aromatic carbocycles. The molecule has 0 bridgehead atoms. The first kappa shape index (κ1) is 22.6. The summed E-state index contributed by atoms with van der Waals surface area (Å²) in [6.07, 6.45) is 2.98. The van der Waals surface area contributed by atoms with E-state index in [1.807, 2.05) is 0 Å². The Hall–Kier alpha value is -1.64. The van der Waals surface area contributed by atoms with E-state index in [0.717, 1.165) is 25.7 Å². The van der Waals surface area contributed by atoms with Gasteiger partial charge >= 0.3 is 5.97 Å². The number of nitrogens with one attached hydrogen (secondary N) is 1. The van der Waals surface area contributed by atoms with Crippen LogP contribution in [0.5, 0.6) is 0 Å². The predicted octanol–water partition coefficient (Wildman–Crippen LogP) is 2.97. The van der Waals surface area contributed by atoms with Crippen molar-refractivity contribution in [3.05, 3.63) is 28.8 Å². The number of esters is 1. The lowest BCUT2D eigenvalue weighted by Crippen LogP contribution is -2.40. The van der Waals surface area contributed by atoms with E-state index >= 15 is 0 Å². The molecule has 0 aromatic heterocycles. The van der Waals surface area contributed by atoms with Gasteiger partial charge in [0.2, 0.25) is 10.0 Å². The average molecular weight is 431 g/mol. The Morgan fingerprint density at radius 1 is 1.25 bits per heavy atom. The first-order valence-electron chi connectivity index (χ1n) is 9.51. The van der Waals surface area contributed by atoms with Crippen molar-refractivity contribution in [3.8, 4) is 0 Å². The summed E-state index contributed by atoms with van der Waals surface area (Å²) in [6.45, 7) is 5.55. The van der Waals surface area contributed by atoms with Gasteiger partial charge in [-0.15, -0.1) is 0 Å². The maximum atomic E-state index is 12.7. The average Bonchev–Trinajstić information content (AvgIpc) is 3.15. The van der Waals surface area contributed by atoms with Crippen LogP contribution in [-0.2, 0) is 19.6 Å². The quantitative estimate of drug-likeness (QED) is 0.640. The second kappa shape index (κ2) is 9.71. The number of hydrogen-bond acceptors (Lipinski definition) is 5. The highest BCUT2D eigenvalue weighted by Crippen LogP contribution is 2.24. The first-order chi connectivity index (χ1) is 13.2. The molecule has 1 fully saturated rings. The van der Waals surface area contributed by atoms with Gasteiger partial charge in [-0.25, -0.2) is 13.2 Å².